The Morgan fingerprint density at radius 1 is 1.21 bits per heavy atom. The molecule has 38 heavy (non-hydrogen) atoms. The molecule has 0 bridgehead atoms. The molecule has 4 rings (SSSR count). The van der Waals surface area contributed by atoms with Gasteiger partial charge in [-0.05, 0) is 32.3 Å². The maximum atomic E-state index is 13.6. The van der Waals surface area contributed by atoms with Crippen LogP contribution in [0.1, 0.15) is 5.48 Å². The molecule has 0 aliphatic carbocycles. The van der Waals surface area contributed by atoms with Crippen molar-refractivity contribution in [2.45, 2.75) is 0 Å². The van der Waals surface area contributed by atoms with E-state index < -0.39 is 11.7 Å². The molecule has 0 aliphatic rings. The summed E-state index contributed by atoms with van der Waals surface area (Å²) in [6, 6.07) is 3.98. The molecule has 1 amide bonds. The van der Waals surface area contributed by atoms with E-state index in [4.69, 9.17) is 10.2 Å². The number of aryl methyl sites for hydroxylation is 1. The fraction of sp³-hybridized carbons (Fsp3) is 0.250. The molecular weight excluding hydrogens is 485 g/mol. The van der Waals surface area contributed by atoms with E-state index >= 15 is 0 Å². The Morgan fingerprint density at radius 2 is 1.97 bits per heavy atom. The number of anilines is 4. The lowest BCUT2D eigenvalue weighted by molar-refractivity contribution is -0.114. The third-order valence-electron chi connectivity index (χ3n) is 5.90. The average Bonchev–Trinajstić information content (AvgIpc) is 3.31. The number of fused-ring (bicyclic) bond motifs is 1. The Hall–Kier alpha value is -4.44. The number of methoxy groups -OCH3 is 1. The van der Waals surface area contributed by atoms with E-state index in [9.17, 15) is 9.18 Å². The second-order valence-electron chi connectivity index (χ2n) is 8.92. The van der Waals surface area contributed by atoms with Gasteiger partial charge in [-0.3, -0.25) is 4.79 Å². The lowest BCUT2D eigenvalue weighted by atomic mass is 10.1. The molecule has 0 atom stereocenters. The number of hydrogen-bond donors (Lipinski definition) is 2. The predicted molar refractivity (Wildman–Crippen MR) is 151 cm³/mol. The molecule has 2 N–H and O–H groups in total. The van der Waals surface area contributed by atoms with Crippen molar-refractivity contribution in [2.24, 2.45) is 7.05 Å². The van der Waals surface area contributed by atoms with E-state index in [1.165, 1.54) is 13.3 Å². The monoisotopic (exact) mass is 521 g/mol. The van der Waals surface area contributed by atoms with Crippen LogP contribution < -0.4 is 20.3 Å². The predicted octanol–water partition coefficient (Wildman–Crippen LogP) is 4.81. The third kappa shape index (κ3) is 5.76. The van der Waals surface area contributed by atoms with Crippen molar-refractivity contribution in [3.63, 3.8) is 0 Å². The number of likely N-dealkylation sites (N-methyl/N-ethyl adjacent to an activating group) is 2. The molecule has 2 aromatic carbocycles. The van der Waals surface area contributed by atoms with E-state index in [2.05, 4.69) is 27.2 Å². The minimum absolute atomic E-state index is 0.141. The first kappa shape index (κ1) is 21.6. The molecule has 198 valence electrons. The van der Waals surface area contributed by atoms with Crippen LogP contribution in [0.15, 0.2) is 67.2 Å². The first-order valence-corrected chi connectivity index (χ1v) is 11.7. The highest BCUT2D eigenvalue weighted by molar-refractivity contribution is 6.04. The summed E-state index contributed by atoms with van der Waals surface area (Å²) in [4.78, 5) is 25.1. The number of carbonyl (C=O) groups excluding carboxylic acids is 1. The second kappa shape index (κ2) is 11.3. The molecule has 2 heterocycles. The number of amides is 1. The molecule has 10 heteroatoms. The van der Waals surface area contributed by atoms with Crippen molar-refractivity contribution in [1.82, 2.24) is 19.4 Å². The van der Waals surface area contributed by atoms with Crippen LogP contribution in [0.2, 0.25) is 0 Å². The van der Waals surface area contributed by atoms with E-state index in [-0.39, 0.29) is 30.1 Å². The molecular formula is C28H32FN7O2. The molecule has 0 radical (unpaired) electrons. The summed E-state index contributed by atoms with van der Waals surface area (Å²) >= 11 is 0. The molecule has 0 aliphatic heterocycles. The number of ether oxygens (including phenoxy) is 1. The van der Waals surface area contributed by atoms with Crippen LogP contribution in [-0.2, 0) is 11.8 Å². The number of hydrogen-bond acceptors (Lipinski definition) is 7. The Labute approximate surface area is 227 Å². The highest BCUT2D eigenvalue weighted by atomic mass is 19.1. The number of nitrogens with zero attached hydrogens (tertiary/aromatic N) is 5. The molecule has 0 saturated carbocycles. The summed E-state index contributed by atoms with van der Waals surface area (Å²) in [5.74, 6) is -1.55. The fourth-order valence-electron chi connectivity index (χ4n) is 3.88. The maximum absolute atomic E-state index is 13.6. The van der Waals surface area contributed by atoms with Crippen LogP contribution in [-0.4, -0.2) is 66.7 Å². The minimum Gasteiger partial charge on any atom is -0.494 e. The number of para-hydroxylation sites is 1. The van der Waals surface area contributed by atoms with Gasteiger partial charge in [0, 0.05) is 62.1 Å². The van der Waals surface area contributed by atoms with E-state index in [1.807, 2.05) is 30.9 Å². The van der Waals surface area contributed by atoms with Crippen LogP contribution >= 0.6 is 0 Å². The van der Waals surface area contributed by atoms with Gasteiger partial charge in [-0.25, -0.2) is 14.4 Å². The molecule has 9 nitrogen and oxygen atoms in total. The van der Waals surface area contributed by atoms with Crippen LogP contribution in [0, 0.1) is 0 Å². The van der Waals surface area contributed by atoms with Gasteiger partial charge < -0.3 is 29.7 Å². The smallest absolute Gasteiger partial charge is 0.283 e. The van der Waals surface area contributed by atoms with Crippen LogP contribution in [0.25, 0.3) is 22.2 Å². The van der Waals surface area contributed by atoms with Crippen molar-refractivity contribution < 1.29 is 19.4 Å². The van der Waals surface area contributed by atoms with Gasteiger partial charge in [-0.2, -0.15) is 0 Å². The van der Waals surface area contributed by atoms with Gasteiger partial charge in [0.25, 0.3) is 5.91 Å². The number of carbonyl (C=O) groups is 1. The maximum Gasteiger partial charge on any atom is 0.283 e. The quantitative estimate of drug-likeness (QED) is 0.290. The van der Waals surface area contributed by atoms with Gasteiger partial charge in [-0.1, -0.05) is 24.7 Å². The number of aromatic nitrogens is 3. The summed E-state index contributed by atoms with van der Waals surface area (Å²) in [6.07, 6.45) is 3.21. The van der Waals surface area contributed by atoms with Crippen molar-refractivity contribution in [3.8, 4) is 17.0 Å². The molecule has 0 spiro atoms. The largest absolute Gasteiger partial charge is 0.494 e. The highest BCUT2D eigenvalue weighted by Gasteiger charge is 2.18. The van der Waals surface area contributed by atoms with Crippen LogP contribution in [0.5, 0.6) is 5.75 Å². The Balaban J connectivity index is 1.78. The van der Waals surface area contributed by atoms with E-state index in [0.29, 0.717) is 51.5 Å². The first-order chi connectivity index (χ1) is 19.8. The second-order valence-corrected chi connectivity index (χ2v) is 8.92. The minimum atomic E-state index is -1.13. The normalized spacial score (nSPS) is 12.5. The van der Waals surface area contributed by atoms with Gasteiger partial charge in [0.05, 0.1) is 35.3 Å². The Kier molecular flexibility index (Phi) is 6.43. The lowest BCUT2D eigenvalue weighted by Crippen LogP contribution is -2.29. The average molecular weight is 522 g/mol. The van der Waals surface area contributed by atoms with Gasteiger partial charge in [0.2, 0.25) is 5.95 Å². The topological polar surface area (TPSA) is 87.6 Å². The fourth-order valence-corrected chi connectivity index (χ4v) is 3.88. The molecule has 0 saturated heterocycles. The summed E-state index contributed by atoms with van der Waals surface area (Å²) < 4.78 is 53.9. The number of rotatable bonds is 10. The van der Waals surface area contributed by atoms with E-state index in [0.717, 1.165) is 6.54 Å². The Morgan fingerprint density at radius 3 is 2.68 bits per heavy atom. The van der Waals surface area contributed by atoms with Crippen molar-refractivity contribution in [3.05, 3.63) is 67.2 Å². The number of nitrogens with one attached hydrogen (secondary N) is 2. The zero-order valence-corrected chi connectivity index (χ0v) is 21.9. The summed E-state index contributed by atoms with van der Waals surface area (Å²) in [5.41, 5.74) is 2.57. The summed E-state index contributed by atoms with van der Waals surface area (Å²) in [7, 11) is 8.93. The van der Waals surface area contributed by atoms with Crippen molar-refractivity contribution >= 4 is 39.8 Å². The highest BCUT2D eigenvalue weighted by Crippen LogP contribution is 2.38. The SMILES string of the molecule is [2H]c1c([2H])c([2H])c2c(c(-c3ccnc(Nc4cc(NC(=O)C(=C)F)c(N(C)CCN(C)C)cc4OC)n3)cn2C)c1[2H]. The Bertz CT molecular complexity index is 1690. The molecule has 4 aromatic rings. The zero-order valence-electron chi connectivity index (χ0n) is 25.9. The number of halogens is 1. The van der Waals surface area contributed by atoms with Gasteiger partial charge in [0.1, 0.15) is 5.75 Å². The van der Waals surface area contributed by atoms with E-state index in [1.54, 1.807) is 36.0 Å². The molecule has 0 unspecified atom stereocenters. The van der Waals surface area contributed by atoms with Crippen LogP contribution in [0.3, 0.4) is 0 Å². The van der Waals surface area contributed by atoms with Crippen molar-refractivity contribution in [2.75, 3.05) is 56.9 Å². The zero-order chi connectivity index (χ0) is 30.9. The number of benzene rings is 2. The standard InChI is InChI=1S/C28H32FN7O2/c1-18(29)27(37)31-22-15-23(26(38-6)16-25(22)35(4)14-13-34(2)3)33-28-30-12-11-21(32-28)20-17-36(5)24-10-8-7-9-19(20)24/h7-12,15-17H,1,13-14H2,2-6H3,(H,31,37)(H,30,32,33)/i7D,8D,9D,10D. The summed E-state index contributed by atoms with van der Waals surface area (Å²) in [6.45, 7) is 4.42. The first-order valence-electron chi connectivity index (χ1n) is 13.7. The molecule has 0 fully saturated rings. The van der Waals surface area contributed by atoms with Gasteiger partial charge >= 0.3 is 0 Å². The van der Waals surface area contributed by atoms with Crippen molar-refractivity contribution in [1.29, 1.82) is 0 Å². The third-order valence-corrected chi connectivity index (χ3v) is 5.90. The molecule has 2 aromatic heterocycles. The van der Waals surface area contributed by atoms with Gasteiger partial charge in [0.15, 0.2) is 5.83 Å². The summed E-state index contributed by atoms with van der Waals surface area (Å²) in [5, 5.41) is 5.99. The van der Waals surface area contributed by atoms with Crippen LogP contribution in [0.4, 0.5) is 27.4 Å². The van der Waals surface area contributed by atoms with Gasteiger partial charge in [-0.15, -0.1) is 0 Å². The lowest BCUT2D eigenvalue weighted by Gasteiger charge is -2.26.